The predicted octanol–water partition coefficient (Wildman–Crippen LogP) is 3.94. The molecule has 2 rings (SSSR count). The minimum Gasteiger partial charge on any atom is -0.497 e. The van der Waals surface area contributed by atoms with Crippen LogP contribution in [-0.2, 0) is 6.54 Å². The molecule has 0 radical (unpaired) electrons. The van der Waals surface area contributed by atoms with E-state index in [1.165, 1.54) is 0 Å². The van der Waals surface area contributed by atoms with Gasteiger partial charge in [-0.3, -0.25) is 9.48 Å². The Morgan fingerprint density at radius 1 is 1.41 bits per heavy atom. The quantitative estimate of drug-likeness (QED) is 0.907. The molecule has 22 heavy (non-hydrogen) atoms. The molecule has 0 saturated heterocycles. The van der Waals surface area contributed by atoms with Crippen molar-refractivity contribution < 1.29 is 9.53 Å². The molecule has 2 aromatic rings. The van der Waals surface area contributed by atoms with Gasteiger partial charge in [0.05, 0.1) is 23.5 Å². The SMILES string of the molecule is CCn1nc(C(C)C)cc1C(=O)Nc1cc(OC)ccc1Cl. The lowest BCUT2D eigenvalue weighted by atomic mass is 10.1. The van der Waals surface area contributed by atoms with Gasteiger partial charge in [0.15, 0.2) is 0 Å². The molecule has 5 nitrogen and oxygen atoms in total. The van der Waals surface area contributed by atoms with Crippen LogP contribution in [0.15, 0.2) is 24.3 Å². The zero-order valence-electron chi connectivity index (χ0n) is 13.2. The first kappa shape index (κ1) is 16.4. The zero-order chi connectivity index (χ0) is 16.3. The molecule has 1 amide bonds. The van der Waals surface area contributed by atoms with Gasteiger partial charge in [0.25, 0.3) is 5.91 Å². The standard InChI is InChI=1S/C16H20ClN3O2/c1-5-20-15(9-13(19-20)10(2)3)16(21)18-14-8-11(22-4)6-7-12(14)17/h6-10H,5H2,1-4H3,(H,18,21). The zero-order valence-corrected chi connectivity index (χ0v) is 13.9. The van der Waals surface area contributed by atoms with Gasteiger partial charge in [0, 0.05) is 12.6 Å². The maximum Gasteiger partial charge on any atom is 0.273 e. The minimum atomic E-state index is -0.239. The molecule has 1 N–H and O–H groups in total. The number of carbonyl (C=O) groups is 1. The summed E-state index contributed by atoms with van der Waals surface area (Å²) >= 11 is 6.12. The van der Waals surface area contributed by atoms with E-state index in [0.717, 1.165) is 5.69 Å². The van der Waals surface area contributed by atoms with Crippen molar-refractivity contribution in [2.75, 3.05) is 12.4 Å². The second-order valence-electron chi connectivity index (χ2n) is 5.22. The van der Waals surface area contributed by atoms with Crippen molar-refractivity contribution in [2.45, 2.75) is 33.2 Å². The number of methoxy groups -OCH3 is 1. The molecule has 118 valence electrons. The van der Waals surface area contributed by atoms with Gasteiger partial charge in [-0.15, -0.1) is 0 Å². The molecule has 0 unspecified atom stereocenters. The molecule has 0 spiro atoms. The average Bonchev–Trinajstić information content (AvgIpc) is 2.94. The Morgan fingerprint density at radius 2 is 2.14 bits per heavy atom. The normalized spacial score (nSPS) is 10.8. The molecule has 0 saturated carbocycles. The largest absolute Gasteiger partial charge is 0.497 e. The predicted molar refractivity (Wildman–Crippen MR) is 87.9 cm³/mol. The van der Waals surface area contributed by atoms with Crippen LogP contribution in [0.3, 0.4) is 0 Å². The van der Waals surface area contributed by atoms with Crippen LogP contribution in [0.1, 0.15) is 42.9 Å². The molecular weight excluding hydrogens is 302 g/mol. The molecule has 0 bridgehead atoms. The number of amides is 1. The molecule has 6 heteroatoms. The average molecular weight is 322 g/mol. The summed E-state index contributed by atoms with van der Waals surface area (Å²) in [4.78, 5) is 12.5. The lowest BCUT2D eigenvalue weighted by molar-refractivity contribution is 0.101. The van der Waals surface area contributed by atoms with Crippen LogP contribution in [0.25, 0.3) is 0 Å². The lowest BCUT2D eigenvalue weighted by Crippen LogP contribution is -2.17. The first-order valence-electron chi connectivity index (χ1n) is 7.18. The van der Waals surface area contributed by atoms with Gasteiger partial charge in [-0.25, -0.2) is 0 Å². The van der Waals surface area contributed by atoms with Gasteiger partial charge in [0.2, 0.25) is 0 Å². The van der Waals surface area contributed by atoms with E-state index in [1.54, 1.807) is 30.0 Å². The van der Waals surface area contributed by atoms with E-state index in [0.29, 0.717) is 28.7 Å². The topological polar surface area (TPSA) is 56.2 Å². The van der Waals surface area contributed by atoms with E-state index in [-0.39, 0.29) is 11.8 Å². The van der Waals surface area contributed by atoms with Crippen molar-refractivity contribution in [1.82, 2.24) is 9.78 Å². The summed E-state index contributed by atoms with van der Waals surface area (Å²) in [7, 11) is 1.57. The maximum absolute atomic E-state index is 12.5. The van der Waals surface area contributed by atoms with Gasteiger partial charge in [-0.2, -0.15) is 5.10 Å². The van der Waals surface area contributed by atoms with E-state index in [1.807, 2.05) is 26.8 Å². The Hall–Kier alpha value is -2.01. The van der Waals surface area contributed by atoms with Gasteiger partial charge >= 0.3 is 0 Å². The number of nitrogens with zero attached hydrogens (tertiary/aromatic N) is 2. The van der Waals surface area contributed by atoms with Crippen molar-refractivity contribution >= 4 is 23.2 Å². The molecular formula is C16H20ClN3O2. The van der Waals surface area contributed by atoms with Crippen LogP contribution in [0, 0.1) is 0 Å². The van der Waals surface area contributed by atoms with E-state index in [2.05, 4.69) is 10.4 Å². The third kappa shape index (κ3) is 3.42. The van der Waals surface area contributed by atoms with Crippen LogP contribution in [0.4, 0.5) is 5.69 Å². The van der Waals surface area contributed by atoms with Crippen molar-refractivity contribution in [3.8, 4) is 5.75 Å². The second-order valence-corrected chi connectivity index (χ2v) is 5.63. The third-order valence-electron chi connectivity index (χ3n) is 3.34. The van der Waals surface area contributed by atoms with Crippen LogP contribution < -0.4 is 10.1 Å². The van der Waals surface area contributed by atoms with Gasteiger partial charge in [-0.1, -0.05) is 25.4 Å². The summed E-state index contributed by atoms with van der Waals surface area (Å²) < 4.78 is 6.84. The van der Waals surface area contributed by atoms with Crippen LogP contribution >= 0.6 is 11.6 Å². The Labute approximate surface area is 135 Å². The highest BCUT2D eigenvalue weighted by molar-refractivity contribution is 6.34. The number of aryl methyl sites for hydroxylation is 1. The molecule has 0 atom stereocenters. The minimum absolute atomic E-state index is 0.239. The van der Waals surface area contributed by atoms with E-state index >= 15 is 0 Å². The van der Waals surface area contributed by atoms with Crippen molar-refractivity contribution in [2.24, 2.45) is 0 Å². The Kier molecular flexibility index (Phi) is 5.08. The molecule has 1 aromatic heterocycles. The number of benzene rings is 1. The number of halogens is 1. The molecule has 0 fully saturated rings. The third-order valence-corrected chi connectivity index (χ3v) is 3.67. The molecule has 0 aliphatic carbocycles. The van der Waals surface area contributed by atoms with Crippen LogP contribution in [0.2, 0.25) is 5.02 Å². The lowest BCUT2D eigenvalue weighted by Gasteiger charge is -2.09. The number of hydrogen-bond acceptors (Lipinski definition) is 3. The summed E-state index contributed by atoms with van der Waals surface area (Å²) in [5.41, 5.74) is 1.93. The number of aromatic nitrogens is 2. The van der Waals surface area contributed by atoms with Crippen molar-refractivity contribution in [3.05, 3.63) is 40.7 Å². The highest BCUT2D eigenvalue weighted by Crippen LogP contribution is 2.27. The number of hydrogen-bond donors (Lipinski definition) is 1. The Balaban J connectivity index is 2.29. The Bertz CT molecular complexity index is 680. The highest BCUT2D eigenvalue weighted by Gasteiger charge is 2.17. The maximum atomic E-state index is 12.5. The molecule has 1 aromatic carbocycles. The van der Waals surface area contributed by atoms with Crippen molar-refractivity contribution in [1.29, 1.82) is 0 Å². The van der Waals surface area contributed by atoms with E-state index in [4.69, 9.17) is 16.3 Å². The fourth-order valence-electron chi connectivity index (χ4n) is 2.06. The monoisotopic (exact) mass is 321 g/mol. The summed E-state index contributed by atoms with van der Waals surface area (Å²) in [6.45, 7) is 6.67. The highest BCUT2D eigenvalue weighted by atomic mass is 35.5. The Morgan fingerprint density at radius 3 is 2.73 bits per heavy atom. The summed E-state index contributed by atoms with van der Waals surface area (Å²) in [6.07, 6.45) is 0. The first-order valence-corrected chi connectivity index (χ1v) is 7.56. The van der Waals surface area contributed by atoms with Crippen molar-refractivity contribution in [3.63, 3.8) is 0 Å². The molecule has 0 aliphatic heterocycles. The summed E-state index contributed by atoms with van der Waals surface area (Å²) in [5.74, 6) is 0.655. The summed E-state index contributed by atoms with van der Waals surface area (Å²) in [6, 6.07) is 6.94. The van der Waals surface area contributed by atoms with Crippen LogP contribution in [0.5, 0.6) is 5.75 Å². The number of rotatable bonds is 5. The number of carbonyl (C=O) groups excluding carboxylic acids is 1. The van der Waals surface area contributed by atoms with Gasteiger partial charge in [-0.05, 0) is 31.0 Å². The number of ether oxygens (including phenoxy) is 1. The van der Waals surface area contributed by atoms with Gasteiger partial charge in [0.1, 0.15) is 11.4 Å². The smallest absolute Gasteiger partial charge is 0.273 e. The fraction of sp³-hybridized carbons (Fsp3) is 0.375. The van der Waals surface area contributed by atoms with E-state index < -0.39 is 0 Å². The molecule has 0 aliphatic rings. The number of nitrogens with one attached hydrogen (secondary N) is 1. The van der Waals surface area contributed by atoms with Gasteiger partial charge < -0.3 is 10.1 Å². The van der Waals surface area contributed by atoms with E-state index in [9.17, 15) is 4.79 Å². The fourth-order valence-corrected chi connectivity index (χ4v) is 2.22. The summed E-state index contributed by atoms with van der Waals surface area (Å²) in [5, 5.41) is 7.72. The molecule has 1 heterocycles. The van der Waals surface area contributed by atoms with Crippen LogP contribution in [-0.4, -0.2) is 22.8 Å². The second kappa shape index (κ2) is 6.83. The first-order chi connectivity index (χ1) is 10.5. The number of anilines is 1.